The summed E-state index contributed by atoms with van der Waals surface area (Å²) in [5.41, 5.74) is 1.05. The summed E-state index contributed by atoms with van der Waals surface area (Å²) in [7, 11) is 0. The molecule has 3 rings (SSSR count). The molecular weight excluding hydrogens is 324 g/mol. The number of hydrogen-bond donors (Lipinski definition) is 1. The number of rotatable bonds is 7. The van der Waals surface area contributed by atoms with Crippen LogP contribution in [0.5, 0.6) is 0 Å². The topological polar surface area (TPSA) is 42.0 Å². The van der Waals surface area contributed by atoms with Crippen molar-refractivity contribution in [3.8, 4) is 0 Å². The number of nitrogens with one attached hydrogen (secondary N) is 1. The maximum Gasteiger partial charge on any atom is 0.214 e. The van der Waals surface area contributed by atoms with E-state index in [0.717, 1.165) is 32.9 Å². The number of carbonyl (C=O) groups excluding carboxylic acids is 1. The predicted octanol–water partition coefficient (Wildman–Crippen LogP) is 5.52. The molecule has 0 amide bonds. The number of hydrogen-bond acceptors (Lipinski definition) is 5. The molecule has 0 aromatic carbocycles. The van der Waals surface area contributed by atoms with Gasteiger partial charge in [-0.15, -0.1) is 11.3 Å². The average molecular weight is 349 g/mol. The largest absolute Gasteiger partial charge is 0.362 e. The van der Waals surface area contributed by atoms with E-state index in [-0.39, 0.29) is 5.78 Å². The van der Waals surface area contributed by atoms with Gasteiger partial charge in [0.2, 0.25) is 5.78 Å². The Labute approximate surface area is 146 Å². The van der Waals surface area contributed by atoms with Crippen molar-refractivity contribution >= 4 is 33.6 Å². The monoisotopic (exact) mass is 348 g/mol. The first-order valence-electron chi connectivity index (χ1n) is 8.52. The Kier molecular flexibility index (Phi) is 5.84. The highest BCUT2D eigenvalue weighted by molar-refractivity contribution is 7.19. The lowest BCUT2D eigenvalue weighted by Gasteiger charge is -2.21. The number of aromatic nitrogens is 1. The first-order chi connectivity index (χ1) is 11.2. The van der Waals surface area contributed by atoms with Crippen LogP contribution in [0.25, 0.3) is 0 Å². The molecule has 0 bridgehead atoms. The van der Waals surface area contributed by atoms with Crippen LogP contribution in [0.4, 0.5) is 5.13 Å². The number of anilines is 1. The number of nitrogens with zero attached hydrogens (tertiary/aromatic N) is 1. The number of ketones is 1. The van der Waals surface area contributed by atoms with E-state index in [0.29, 0.717) is 0 Å². The lowest BCUT2D eigenvalue weighted by atomic mass is 9.86. The number of aryl methyl sites for hydroxylation is 1. The molecule has 0 spiro atoms. The van der Waals surface area contributed by atoms with Crippen molar-refractivity contribution in [2.75, 3.05) is 11.9 Å². The van der Waals surface area contributed by atoms with E-state index in [1.807, 2.05) is 18.4 Å². The van der Waals surface area contributed by atoms with Gasteiger partial charge in [0.15, 0.2) is 5.13 Å². The molecule has 2 aromatic rings. The van der Waals surface area contributed by atoms with Gasteiger partial charge >= 0.3 is 0 Å². The smallest absolute Gasteiger partial charge is 0.214 e. The molecule has 1 fully saturated rings. The van der Waals surface area contributed by atoms with Crippen molar-refractivity contribution in [1.29, 1.82) is 0 Å². The molecule has 2 heterocycles. The molecule has 1 N–H and O–H groups in total. The standard InChI is InChI=1S/C18H24N2OS2/c1-13-9-11-22-17(13)16(21)15-12-20-18(23-15)19-10-5-8-14-6-3-2-4-7-14/h9,11-12,14H,2-8,10H2,1H3,(H,19,20). The van der Waals surface area contributed by atoms with E-state index in [1.54, 1.807) is 6.20 Å². The molecule has 0 atom stereocenters. The second-order valence-electron chi connectivity index (χ2n) is 6.36. The van der Waals surface area contributed by atoms with Gasteiger partial charge in [-0.05, 0) is 42.7 Å². The first-order valence-corrected chi connectivity index (χ1v) is 10.2. The minimum Gasteiger partial charge on any atom is -0.362 e. The van der Waals surface area contributed by atoms with Gasteiger partial charge in [-0.2, -0.15) is 0 Å². The lowest BCUT2D eigenvalue weighted by molar-refractivity contribution is 0.104. The van der Waals surface area contributed by atoms with Crippen molar-refractivity contribution in [2.45, 2.75) is 51.9 Å². The van der Waals surface area contributed by atoms with Crippen LogP contribution in [0.15, 0.2) is 17.6 Å². The Bertz CT molecular complexity index is 641. The molecule has 1 aliphatic rings. The fraction of sp³-hybridized carbons (Fsp3) is 0.556. The molecular formula is C18H24N2OS2. The van der Waals surface area contributed by atoms with Crippen LogP contribution in [0, 0.1) is 12.8 Å². The Hall–Kier alpha value is -1.20. The quantitative estimate of drug-likeness (QED) is 0.529. The van der Waals surface area contributed by atoms with Crippen molar-refractivity contribution in [3.63, 3.8) is 0 Å². The summed E-state index contributed by atoms with van der Waals surface area (Å²) in [5.74, 6) is 1.03. The molecule has 0 aliphatic heterocycles. The number of thiophene rings is 1. The zero-order chi connectivity index (χ0) is 16.1. The second kappa shape index (κ2) is 8.06. The maximum atomic E-state index is 12.4. The molecule has 1 saturated carbocycles. The van der Waals surface area contributed by atoms with Crippen LogP contribution in [-0.4, -0.2) is 17.3 Å². The molecule has 0 saturated heterocycles. The molecule has 0 radical (unpaired) electrons. The van der Waals surface area contributed by atoms with Crippen LogP contribution in [0.2, 0.25) is 0 Å². The minimum atomic E-state index is 0.102. The van der Waals surface area contributed by atoms with Crippen molar-refractivity contribution in [2.24, 2.45) is 5.92 Å². The van der Waals surface area contributed by atoms with Gasteiger partial charge in [-0.1, -0.05) is 43.4 Å². The third-order valence-electron chi connectivity index (χ3n) is 4.59. The van der Waals surface area contributed by atoms with E-state index in [2.05, 4.69) is 10.3 Å². The Morgan fingerprint density at radius 1 is 1.35 bits per heavy atom. The van der Waals surface area contributed by atoms with Gasteiger partial charge in [0.05, 0.1) is 16.0 Å². The van der Waals surface area contributed by atoms with Crippen LogP contribution in [-0.2, 0) is 0 Å². The van der Waals surface area contributed by atoms with Gasteiger partial charge in [0.1, 0.15) is 0 Å². The summed E-state index contributed by atoms with van der Waals surface area (Å²) in [4.78, 5) is 18.3. The molecule has 0 unspecified atom stereocenters. The molecule has 1 aliphatic carbocycles. The summed E-state index contributed by atoms with van der Waals surface area (Å²) in [5, 5.41) is 6.21. The average Bonchev–Trinajstić information content (AvgIpc) is 3.21. The fourth-order valence-electron chi connectivity index (χ4n) is 3.24. The van der Waals surface area contributed by atoms with E-state index in [9.17, 15) is 4.79 Å². The van der Waals surface area contributed by atoms with Crippen LogP contribution in [0.3, 0.4) is 0 Å². The highest BCUT2D eigenvalue weighted by Gasteiger charge is 2.16. The minimum absolute atomic E-state index is 0.102. The summed E-state index contributed by atoms with van der Waals surface area (Å²) in [6.45, 7) is 2.94. The normalized spacial score (nSPS) is 15.7. The van der Waals surface area contributed by atoms with E-state index >= 15 is 0 Å². The molecule has 23 heavy (non-hydrogen) atoms. The Balaban J connectivity index is 1.46. The van der Waals surface area contributed by atoms with Gasteiger partial charge < -0.3 is 5.32 Å². The Morgan fingerprint density at radius 2 is 2.17 bits per heavy atom. The number of carbonyl (C=O) groups is 1. The predicted molar refractivity (Wildman–Crippen MR) is 98.9 cm³/mol. The summed E-state index contributed by atoms with van der Waals surface area (Å²) < 4.78 is 0. The van der Waals surface area contributed by atoms with Gasteiger partial charge in [0.25, 0.3) is 0 Å². The maximum absolute atomic E-state index is 12.4. The highest BCUT2D eigenvalue weighted by Crippen LogP contribution is 2.28. The van der Waals surface area contributed by atoms with Gasteiger partial charge in [0, 0.05) is 6.54 Å². The summed E-state index contributed by atoms with van der Waals surface area (Å²) >= 11 is 2.98. The Morgan fingerprint density at radius 3 is 2.91 bits per heavy atom. The van der Waals surface area contributed by atoms with Gasteiger partial charge in [-0.3, -0.25) is 4.79 Å². The van der Waals surface area contributed by atoms with E-state index < -0.39 is 0 Å². The van der Waals surface area contributed by atoms with Crippen molar-refractivity contribution < 1.29 is 4.79 Å². The second-order valence-corrected chi connectivity index (χ2v) is 8.31. The third kappa shape index (κ3) is 4.42. The zero-order valence-electron chi connectivity index (χ0n) is 13.6. The third-order valence-corrected chi connectivity index (χ3v) is 6.56. The van der Waals surface area contributed by atoms with E-state index in [1.165, 1.54) is 67.6 Å². The highest BCUT2D eigenvalue weighted by atomic mass is 32.1. The van der Waals surface area contributed by atoms with Crippen LogP contribution < -0.4 is 5.32 Å². The van der Waals surface area contributed by atoms with Crippen LogP contribution in [0.1, 0.15) is 65.1 Å². The molecule has 124 valence electrons. The number of thiazole rings is 1. The van der Waals surface area contributed by atoms with Crippen LogP contribution >= 0.6 is 22.7 Å². The molecule has 2 aromatic heterocycles. The SMILES string of the molecule is Cc1ccsc1C(=O)c1cnc(NCCCC2CCCCC2)s1. The van der Waals surface area contributed by atoms with Gasteiger partial charge in [-0.25, -0.2) is 4.98 Å². The molecule has 5 heteroatoms. The first kappa shape index (κ1) is 16.7. The lowest BCUT2D eigenvalue weighted by Crippen LogP contribution is -2.09. The van der Waals surface area contributed by atoms with Crippen molar-refractivity contribution in [3.05, 3.63) is 33.0 Å². The molecule has 3 nitrogen and oxygen atoms in total. The van der Waals surface area contributed by atoms with E-state index in [4.69, 9.17) is 0 Å². The summed E-state index contributed by atoms with van der Waals surface area (Å²) in [6, 6.07) is 1.99. The van der Waals surface area contributed by atoms with Crippen molar-refractivity contribution in [1.82, 2.24) is 4.98 Å². The fourth-order valence-corrected chi connectivity index (χ4v) is 4.97. The zero-order valence-corrected chi connectivity index (χ0v) is 15.3. The summed E-state index contributed by atoms with van der Waals surface area (Å²) in [6.07, 6.45) is 11.3.